The van der Waals surface area contributed by atoms with Gasteiger partial charge in [-0.05, 0) is 78.7 Å². The largest absolute Gasteiger partial charge is 0.368 e. The highest BCUT2D eigenvalue weighted by Crippen LogP contribution is 2.38. The monoisotopic (exact) mass is 427 g/mol. The van der Waals surface area contributed by atoms with Crippen molar-refractivity contribution in [3.63, 3.8) is 0 Å². The average Bonchev–Trinajstić information content (AvgIpc) is 3.50. The van der Waals surface area contributed by atoms with E-state index < -0.39 is 0 Å². The number of halogens is 1. The molecule has 0 bridgehead atoms. The van der Waals surface area contributed by atoms with Gasteiger partial charge in [-0.1, -0.05) is 25.3 Å². The van der Waals surface area contributed by atoms with Gasteiger partial charge in [0.05, 0.1) is 0 Å². The van der Waals surface area contributed by atoms with Gasteiger partial charge < -0.3 is 9.80 Å². The third-order valence-corrected chi connectivity index (χ3v) is 6.07. The first-order chi connectivity index (χ1) is 12.9. The number of nitrogens with zero attached hydrogens (tertiary/aromatic N) is 3. The fraction of sp³-hybridized carbons (Fsp3) is 0.435. The highest BCUT2D eigenvalue weighted by molar-refractivity contribution is 9.10. The van der Waals surface area contributed by atoms with Gasteiger partial charge in [-0.25, -0.2) is 4.98 Å². The van der Waals surface area contributed by atoms with Gasteiger partial charge in [0, 0.05) is 48.8 Å². The fourth-order valence-electron chi connectivity index (χ4n) is 3.69. The van der Waals surface area contributed by atoms with Crippen LogP contribution in [0.4, 0.5) is 0 Å². The molecule has 1 saturated carbocycles. The second-order valence-electron chi connectivity index (χ2n) is 7.52. The predicted molar refractivity (Wildman–Crippen MR) is 118 cm³/mol. The van der Waals surface area contributed by atoms with Crippen molar-refractivity contribution in [2.75, 3.05) is 26.2 Å². The van der Waals surface area contributed by atoms with E-state index in [-0.39, 0.29) is 0 Å². The molecule has 0 radical (unpaired) electrons. The van der Waals surface area contributed by atoms with Crippen molar-refractivity contribution < 1.29 is 0 Å². The Morgan fingerprint density at radius 1 is 1.15 bits per heavy atom. The van der Waals surface area contributed by atoms with Crippen LogP contribution in [0.25, 0.3) is 5.70 Å². The molecule has 0 amide bonds. The van der Waals surface area contributed by atoms with Crippen LogP contribution in [0.15, 0.2) is 58.9 Å². The zero-order chi connectivity index (χ0) is 19.6. The molecule has 1 aliphatic carbocycles. The number of allylic oxidation sites excluding steroid dienone is 4. The van der Waals surface area contributed by atoms with Gasteiger partial charge in [-0.3, -0.25) is 0 Å². The summed E-state index contributed by atoms with van der Waals surface area (Å²) in [5, 5.41) is 0. The van der Waals surface area contributed by atoms with Crippen molar-refractivity contribution in [2.24, 2.45) is 5.92 Å². The van der Waals surface area contributed by atoms with Crippen molar-refractivity contribution in [3.05, 3.63) is 70.1 Å². The quantitative estimate of drug-likeness (QED) is 0.437. The second-order valence-corrected chi connectivity index (χ2v) is 8.34. The molecule has 1 aliphatic heterocycles. The van der Waals surface area contributed by atoms with Crippen LogP contribution in [-0.2, 0) is 0 Å². The highest BCUT2D eigenvalue weighted by atomic mass is 79.9. The average molecular weight is 428 g/mol. The molecule has 2 aliphatic rings. The Balaban J connectivity index is 1.60. The van der Waals surface area contributed by atoms with E-state index in [9.17, 15) is 0 Å². The van der Waals surface area contributed by atoms with E-state index in [0.717, 1.165) is 59.4 Å². The molecule has 0 N–H and O–H groups in total. The molecule has 0 spiro atoms. The SMILES string of the molecule is C=C(/C(C)=C\C(=C/C)C1CC1)N1CCN(C(=C)c2ccc(Br)nc2C)CC1. The molecule has 27 heavy (non-hydrogen) atoms. The molecule has 3 nitrogen and oxygen atoms in total. The van der Waals surface area contributed by atoms with Crippen LogP contribution >= 0.6 is 15.9 Å². The second kappa shape index (κ2) is 8.47. The van der Waals surface area contributed by atoms with Crippen LogP contribution < -0.4 is 0 Å². The fourth-order valence-corrected chi connectivity index (χ4v) is 4.09. The molecular formula is C23H30BrN3. The molecule has 4 heteroatoms. The molecule has 0 aromatic carbocycles. The topological polar surface area (TPSA) is 19.4 Å². The van der Waals surface area contributed by atoms with E-state index in [1.165, 1.54) is 24.0 Å². The highest BCUT2D eigenvalue weighted by Gasteiger charge is 2.25. The molecule has 1 saturated heterocycles. The minimum atomic E-state index is 0.778. The van der Waals surface area contributed by atoms with E-state index in [1.54, 1.807) is 0 Å². The Morgan fingerprint density at radius 2 is 1.78 bits per heavy atom. The van der Waals surface area contributed by atoms with Crippen LogP contribution in [-0.4, -0.2) is 41.0 Å². The Labute approximate surface area is 172 Å². The number of rotatable bonds is 6. The summed E-state index contributed by atoms with van der Waals surface area (Å²) in [6.07, 6.45) is 7.26. The van der Waals surface area contributed by atoms with Crippen LogP contribution in [0.3, 0.4) is 0 Å². The summed E-state index contributed by atoms with van der Waals surface area (Å²) in [7, 11) is 0. The lowest BCUT2D eigenvalue weighted by atomic mass is 10.0. The van der Waals surface area contributed by atoms with E-state index in [2.05, 4.69) is 75.9 Å². The first kappa shape index (κ1) is 19.9. The van der Waals surface area contributed by atoms with Gasteiger partial charge in [-0.15, -0.1) is 0 Å². The van der Waals surface area contributed by atoms with Crippen molar-refractivity contribution in [3.8, 4) is 0 Å². The molecule has 1 aromatic heterocycles. The Morgan fingerprint density at radius 3 is 2.33 bits per heavy atom. The van der Waals surface area contributed by atoms with Gasteiger partial charge in [0.25, 0.3) is 0 Å². The lowest BCUT2D eigenvalue weighted by Crippen LogP contribution is -2.44. The van der Waals surface area contributed by atoms with Crippen LogP contribution in [0.1, 0.15) is 37.9 Å². The maximum absolute atomic E-state index is 4.50. The van der Waals surface area contributed by atoms with Gasteiger partial charge >= 0.3 is 0 Å². The Hall–Kier alpha value is -1.81. The van der Waals surface area contributed by atoms with Crippen LogP contribution in [0.5, 0.6) is 0 Å². The van der Waals surface area contributed by atoms with Gasteiger partial charge in [0.15, 0.2) is 0 Å². The molecule has 1 aromatic rings. The van der Waals surface area contributed by atoms with E-state index >= 15 is 0 Å². The first-order valence-corrected chi connectivity index (χ1v) is 10.6. The van der Waals surface area contributed by atoms with Crippen LogP contribution in [0, 0.1) is 12.8 Å². The molecule has 144 valence electrons. The summed E-state index contributed by atoms with van der Waals surface area (Å²) >= 11 is 3.43. The van der Waals surface area contributed by atoms with E-state index in [4.69, 9.17) is 0 Å². The van der Waals surface area contributed by atoms with E-state index in [0.29, 0.717) is 0 Å². The number of piperazine rings is 1. The lowest BCUT2D eigenvalue weighted by Gasteiger charge is -2.39. The molecule has 0 atom stereocenters. The van der Waals surface area contributed by atoms with Crippen LogP contribution in [0.2, 0.25) is 0 Å². The maximum atomic E-state index is 4.50. The zero-order valence-electron chi connectivity index (χ0n) is 16.8. The number of pyridine rings is 1. The normalized spacial score (nSPS) is 18.7. The lowest BCUT2D eigenvalue weighted by molar-refractivity contribution is 0.217. The molecule has 0 unspecified atom stereocenters. The van der Waals surface area contributed by atoms with Gasteiger partial charge in [0.2, 0.25) is 0 Å². The minimum Gasteiger partial charge on any atom is -0.368 e. The van der Waals surface area contributed by atoms with Crippen molar-refractivity contribution in [2.45, 2.75) is 33.6 Å². The summed E-state index contributed by atoms with van der Waals surface area (Å²) in [5.74, 6) is 0.778. The number of aromatic nitrogens is 1. The molecule has 2 heterocycles. The summed E-state index contributed by atoms with van der Waals surface area (Å²) in [5.41, 5.74) is 7.12. The summed E-state index contributed by atoms with van der Waals surface area (Å²) in [6, 6.07) is 4.09. The predicted octanol–water partition coefficient (Wildman–Crippen LogP) is 5.56. The number of hydrogen-bond acceptors (Lipinski definition) is 3. The zero-order valence-corrected chi connectivity index (χ0v) is 18.3. The van der Waals surface area contributed by atoms with Gasteiger partial charge in [0.1, 0.15) is 4.60 Å². The van der Waals surface area contributed by atoms with Crippen molar-refractivity contribution in [1.82, 2.24) is 14.8 Å². The third-order valence-electron chi connectivity index (χ3n) is 5.63. The number of aryl methyl sites for hydroxylation is 1. The maximum Gasteiger partial charge on any atom is 0.106 e. The van der Waals surface area contributed by atoms with Crippen molar-refractivity contribution >= 4 is 21.6 Å². The Kier molecular flexibility index (Phi) is 6.25. The Bertz CT molecular complexity index is 794. The summed E-state index contributed by atoms with van der Waals surface area (Å²) in [6.45, 7) is 18.9. The standard InChI is InChI=1S/C23H30BrN3/c1-6-20(21-7-8-21)15-16(2)18(4)26-11-13-27(14-12-26)19(5)22-9-10-23(24)25-17(22)3/h6,9-10,15,21H,4-5,7-8,11-14H2,1-3H3/b16-15-,20-6+. The number of hydrogen-bond donors (Lipinski definition) is 0. The third kappa shape index (κ3) is 4.73. The van der Waals surface area contributed by atoms with E-state index in [1.807, 2.05) is 13.0 Å². The van der Waals surface area contributed by atoms with Gasteiger partial charge in [-0.2, -0.15) is 0 Å². The first-order valence-electron chi connectivity index (χ1n) is 9.76. The summed E-state index contributed by atoms with van der Waals surface area (Å²) < 4.78 is 0.867. The summed E-state index contributed by atoms with van der Waals surface area (Å²) in [4.78, 5) is 9.27. The molecular weight excluding hydrogens is 398 g/mol. The minimum absolute atomic E-state index is 0.778. The molecule has 3 rings (SSSR count). The smallest absolute Gasteiger partial charge is 0.106 e. The molecule has 2 fully saturated rings. The van der Waals surface area contributed by atoms with Crippen molar-refractivity contribution in [1.29, 1.82) is 0 Å².